The molecule has 168 valence electrons. The Bertz CT molecular complexity index is 1220. The first kappa shape index (κ1) is 24.4. The predicted octanol–water partition coefficient (Wildman–Crippen LogP) is 5.18. The second-order valence-electron chi connectivity index (χ2n) is 6.77. The highest BCUT2D eigenvalue weighted by Gasteiger charge is 2.27. The highest BCUT2D eigenvalue weighted by molar-refractivity contribution is 7.89. The quantitative estimate of drug-likeness (QED) is 0.434. The molecule has 6 nitrogen and oxygen atoms in total. The van der Waals surface area contributed by atoms with Crippen molar-refractivity contribution < 1.29 is 17.9 Å². The standard InChI is InChI=1S/C22H19Cl3N2O4S/c1-31-21-10-8-16(13-18(21)25)32(29,30)27-20(11-14-5-3-2-4-6-14)22(28)26-19-12-15(23)7-9-17(19)24/h2-10,12-13,20,27H,11H2,1H3,(H,26,28)/t20-/m0/s1. The van der Waals surface area contributed by atoms with Crippen molar-refractivity contribution in [2.45, 2.75) is 17.4 Å². The van der Waals surface area contributed by atoms with E-state index in [-0.39, 0.29) is 27.0 Å². The predicted molar refractivity (Wildman–Crippen MR) is 127 cm³/mol. The number of hydrogen-bond donors (Lipinski definition) is 2. The first-order valence-corrected chi connectivity index (χ1v) is 12.0. The van der Waals surface area contributed by atoms with Crippen LogP contribution in [0, 0.1) is 0 Å². The molecule has 32 heavy (non-hydrogen) atoms. The fraction of sp³-hybridized carbons (Fsp3) is 0.136. The summed E-state index contributed by atoms with van der Waals surface area (Å²) in [7, 11) is -2.67. The van der Waals surface area contributed by atoms with E-state index in [4.69, 9.17) is 39.5 Å². The van der Waals surface area contributed by atoms with Gasteiger partial charge in [0.1, 0.15) is 11.8 Å². The molecular weight excluding hydrogens is 495 g/mol. The van der Waals surface area contributed by atoms with Crippen LogP contribution in [0.25, 0.3) is 0 Å². The van der Waals surface area contributed by atoms with Crippen LogP contribution in [-0.2, 0) is 21.2 Å². The second-order valence-corrected chi connectivity index (χ2v) is 9.74. The third-order valence-electron chi connectivity index (χ3n) is 4.52. The molecule has 1 amide bonds. The van der Waals surface area contributed by atoms with Gasteiger partial charge in [0.15, 0.2) is 0 Å². The van der Waals surface area contributed by atoms with Crippen LogP contribution in [0.2, 0.25) is 15.1 Å². The zero-order valence-corrected chi connectivity index (χ0v) is 19.9. The van der Waals surface area contributed by atoms with Crippen LogP contribution < -0.4 is 14.8 Å². The van der Waals surface area contributed by atoms with Crippen LogP contribution in [0.15, 0.2) is 71.6 Å². The monoisotopic (exact) mass is 512 g/mol. The Balaban J connectivity index is 1.90. The van der Waals surface area contributed by atoms with Gasteiger partial charge in [-0.25, -0.2) is 8.42 Å². The summed E-state index contributed by atoms with van der Waals surface area (Å²) >= 11 is 18.2. The molecule has 0 aliphatic rings. The van der Waals surface area contributed by atoms with E-state index in [2.05, 4.69) is 10.0 Å². The van der Waals surface area contributed by atoms with Gasteiger partial charge >= 0.3 is 0 Å². The number of nitrogens with one attached hydrogen (secondary N) is 2. The number of ether oxygens (including phenoxy) is 1. The first-order chi connectivity index (χ1) is 15.2. The third-order valence-corrected chi connectivity index (χ3v) is 6.85. The molecule has 0 heterocycles. The Labute approximate surface area is 201 Å². The van der Waals surface area contributed by atoms with Crippen LogP contribution >= 0.6 is 34.8 Å². The van der Waals surface area contributed by atoms with Crippen molar-refractivity contribution in [1.82, 2.24) is 4.72 Å². The van der Waals surface area contributed by atoms with Gasteiger partial charge in [-0.1, -0.05) is 65.1 Å². The number of anilines is 1. The second kappa shape index (κ2) is 10.6. The molecule has 0 fully saturated rings. The molecule has 0 bridgehead atoms. The van der Waals surface area contributed by atoms with E-state index < -0.39 is 22.0 Å². The van der Waals surface area contributed by atoms with Crippen molar-refractivity contribution >= 4 is 56.4 Å². The highest BCUT2D eigenvalue weighted by atomic mass is 35.5. The average Bonchev–Trinajstić information content (AvgIpc) is 2.76. The van der Waals surface area contributed by atoms with Crippen molar-refractivity contribution in [2.24, 2.45) is 0 Å². The SMILES string of the molecule is COc1ccc(S(=O)(=O)N[C@@H](Cc2ccccc2)C(=O)Nc2cc(Cl)ccc2Cl)cc1Cl. The number of carbonyl (C=O) groups is 1. The van der Waals surface area contributed by atoms with E-state index in [0.717, 1.165) is 5.56 Å². The molecular formula is C22H19Cl3N2O4S. The summed E-state index contributed by atoms with van der Waals surface area (Å²) in [6.45, 7) is 0. The van der Waals surface area contributed by atoms with E-state index in [1.165, 1.54) is 37.4 Å². The largest absolute Gasteiger partial charge is 0.495 e. The molecule has 3 aromatic rings. The van der Waals surface area contributed by atoms with Crippen molar-refractivity contribution in [3.63, 3.8) is 0 Å². The maximum atomic E-state index is 13.1. The number of methoxy groups -OCH3 is 1. The number of amides is 1. The lowest BCUT2D eigenvalue weighted by atomic mass is 10.1. The minimum atomic E-state index is -4.09. The van der Waals surface area contributed by atoms with Gasteiger partial charge in [-0.15, -0.1) is 0 Å². The summed E-state index contributed by atoms with van der Waals surface area (Å²) in [4.78, 5) is 13.0. The van der Waals surface area contributed by atoms with Crippen molar-refractivity contribution in [2.75, 3.05) is 12.4 Å². The molecule has 0 unspecified atom stereocenters. The number of halogens is 3. The zero-order chi connectivity index (χ0) is 23.3. The normalized spacial score (nSPS) is 12.2. The minimum absolute atomic E-state index is 0.102. The third kappa shape index (κ3) is 6.15. The number of benzene rings is 3. The van der Waals surface area contributed by atoms with Crippen molar-refractivity contribution in [3.05, 3.63) is 87.4 Å². The van der Waals surface area contributed by atoms with Gasteiger partial charge in [0.05, 0.1) is 27.7 Å². The Morgan fingerprint density at radius 2 is 1.69 bits per heavy atom. The topological polar surface area (TPSA) is 84.5 Å². The highest BCUT2D eigenvalue weighted by Crippen LogP contribution is 2.28. The molecule has 0 saturated heterocycles. The molecule has 1 atom stereocenters. The maximum absolute atomic E-state index is 13.1. The van der Waals surface area contributed by atoms with Gasteiger partial charge in [0, 0.05) is 5.02 Å². The molecule has 3 rings (SSSR count). The van der Waals surface area contributed by atoms with E-state index in [9.17, 15) is 13.2 Å². The van der Waals surface area contributed by atoms with Crippen LogP contribution in [-0.4, -0.2) is 27.5 Å². The van der Waals surface area contributed by atoms with Gasteiger partial charge < -0.3 is 10.1 Å². The van der Waals surface area contributed by atoms with Gasteiger partial charge in [0.25, 0.3) is 0 Å². The Kier molecular flexibility index (Phi) is 8.03. The minimum Gasteiger partial charge on any atom is -0.495 e. The summed E-state index contributed by atoms with van der Waals surface area (Å²) in [5, 5.41) is 3.42. The van der Waals surface area contributed by atoms with E-state index >= 15 is 0 Å². The zero-order valence-electron chi connectivity index (χ0n) is 16.8. The fourth-order valence-electron chi connectivity index (χ4n) is 2.92. The van der Waals surface area contributed by atoms with E-state index in [1.54, 1.807) is 30.3 Å². The lowest BCUT2D eigenvalue weighted by Gasteiger charge is -2.19. The Morgan fingerprint density at radius 3 is 2.34 bits per heavy atom. The van der Waals surface area contributed by atoms with Gasteiger partial charge in [-0.2, -0.15) is 4.72 Å². The molecule has 0 aliphatic heterocycles. The summed E-state index contributed by atoms with van der Waals surface area (Å²) in [6, 6.07) is 16.5. The molecule has 0 aliphatic carbocycles. The summed E-state index contributed by atoms with van der Waals surface area (Å²) < 4.78 is 33.6. The van der Waals surface area contributed by atoms with E-state index in [1.807, 2.05) is 6.07 Å². The summed E-state index contributed by atoms with van der Waals surface area (Å²) in [6.07, 6.45) is 0.105. The Hall–Kier alpha value is -2.29. The van der Waals surface area contributed by atoms with Crippen molar-refractivity contribution in [1.29, 1.82) is 0 Å². The number of sulfonamides is 1. The van der Waals surface area contributed by atoms with Crippen molar-refractivity contribution in [3.8, 4) is 5.75 Å². The molecule has 0 spiro atoms. The lowest BCUT2D eigenvalue weighted by molar-refractivity contribution is -0.117. The number of hydrogen-bond acceptors (Lipinski definition) is 4. The van der Waals surface area contributed by atoms with Crippen LogP contribution in [0.3, 0.4) is 0 Å². The molecule has 10 heteroatoms. The van der Waals surface area contributed by atoms with Crippen LogP contribution in [0.1, 0.15) is 5.56 Å². The molecule has 0 radical (unpaired) electrons. The molecule has 0 aromatic heterocycles. The van der Waals surface area contributed by atoms with Gasteiger partial charge in [-0.3, -0.25) is 4.79 Å². The molecule has 2 N–H and O–H groups in total. The maximum Gasteiger partial charge on any atom is 0.242 e. The average molecular weight is 514 g/mol. The Morgan fingerprint density at radius 1 is 0.969 bits per heavy atom. The fourth-order valence-corrected chi connectivity index (χ4v) is 4.80. The van der Waals surface area contributed by atoms with Crippen LogP contribution in [0.4, 0.5) is 5.69 Å². The first-order valence-electron chi connectivity index (χ1n) is 9.35. The number of carbonyl (C=O) groups excluding carboxylic acids is 1. The number of rotatable bonds is 8. The smallest absolute Gasteiger partial charge is 0.242 e. The summed E-state index contributed by atoms with van der Waals surface area (Å²) in [5.74, 6) is -0.263. The van der Waals surface area contributed by atoms with Gasteiger partial charge in [0.2, 0.25) is 15.9 Å². The molecule has 3 aromatic carbocycles. The van der Waals surface area contributed by atoms with Gasteiger partial charge in [-0.05, 0) is 48.4 Å². The lowest BCUT2D eigenvalue weighted by Crippen LogP contribution is -2.45. The molecule has 0 saturated carbocycles. The summed E-state index contributed by atoms with van der Waals surface area (Å²) in [5.41, 5.74) is 1.04. The van der Waals surface area contributed by atoms with E-state index in [0.29, 0.717) is 10.8 Å². The van der Waals surface area contributed by atoms with Crippen LogP contribution in [0.5, 0.6) is 5.75 Å².